The van der Waals surface area contributed by atoms with Gasteiger partial charge in [-0.25, -0.2) is 0 Å². The van der Waals surface area contributed by atoms with Gasteiger partial charge in [0, 0.05) is 62.6 Å². The first-order valence-electron chi connectivity index (χ1n) is 12.8. The number of ketones is 1. The summed E-state index contributed by atoms with van der Waals surface area (Å²) in [5.74, 6) is 0.0963. The van der Waals surface area contributed by atoms with Crippen LogP contribution in [0.2, 0.25) is 10.0 Å². The van der Waals surface area contributed by atoms with Crippen molar-refractivity contribution in [3.05, 3.63) is 75.9 Å². The highest BCUT2D eigenvalue weighted by atomic mass is 35.5. The fourth-order valence-electron chi connectivity index (χ4n) is 5.02. The summed E-state index contributed by atoms with van der Waals surface area (Å²) in [5, 5.41) is 11.9. The molecule has 0 spiro atoms. The molecular formula is C29H36Cl3N3O2. The Hall–Kier alpha value is -2.02. The van der Waals surface area contributed by atoms with Gasteiger partial charge in [-0.2, -0.15) is 0 Å². The first-order valence-corrected chi connectivity index (χ1v) is 13.5. The maximum absolute atomic E-state index is 13.2. The summed E-state index contributed by atoms with van der Waals surface area (Å²) in [7, 11) is 0. The molecule has 0 radical (unpaired) electrons. The number of hydrogen-bond donors (Lipinski definition) is 1. The minimum atomic E-state index is -0.540. The zero-order valence-electron chi connectivity index (χ0n) is 21.5. The average Bonchev–Trinajstić information content (AvgIpc) is 3.21. The maximum Gasteiger partial charge on any atom is 0.164 e. The summed E-state index contributed by atoms with van der Waals surface area (Å²) in [6.07, 6.45) is 1.25. The number of aromatic nitrogens is 1. The van der Waals surface area contributed by atoms with Gasteiger partial charge in [0.1, 0.15) is 0 Å². The zero-order valence-corrected chi connectivity index (χ0v) is 23.8. The molecule has 8 heteroatoms. The number of β-amino-alcohol motifs (C(OH)–C–C–N with tert-alkyl or cyclic N) is 1. The summed E-state index contributed by atoms with van der Waals surface area (Å²) in [5.41, 5.74) is 4.92. The van der Waals surface area contributed by atoms with E-state index in [0.29, 0.717) is 29.4 Å². The average molecular weight is 565 g/mol. The highest BCUT2D eigenvalue weighted by Crippen LogP contribution is 2.33. The van der Waals surface area contributed by atoms with Crippen LogP contribution in [-0.4, -0.2) is 59.2 Å². The van der Waals surface area contributed by atoms with E-state index in [1.165, 1.54) is 0 Å². The summed E-state index contributed by atoms with van der Waals surface area (Å²) in [6, 6.07) is 17.9. The topological polar surface area (TPSA) is 48.7 Å². The van der Waals surface area contributed by atoms with Crippen molar-refractivity contribution in [3.8, 4) is 11.3 Å². The number of anilines is 1. The van der Waals surface area contributed by atoms with E-state index in [1.54, 1.807) is 6.07 Å². The Bertz CT molecular complexity index is 1170. The van der Waals surface area contributed by atoms with E-state index in [0.717, 1.165) is 67.3 Å². The van der Waals surface area contributed by atoms with Crippen molar-refractivity contribution in [1.82, 2.24) is 9.47 Å². The normalized spacial score (nSPS) is 14.9. The number of rotatable bonds is 10. The first-order chi connectivity index (χ1) is 17.4. The smallest absolute Gasteiger partial charge is 0.164 e. The number of piperazine rings is 1. The monoisotopic (exact) mass is 563 g/mol. The second-order valence-electron chi connectivity index (χ2n) is 9.52. The third-order valence-corrected chi connectivity index (χ3v) is 7.81. The van der Waals surface area contributed by atoms with Crippen LogP contribution < -0.4 is 4.90 Å². The van der Waals surface area contributed by atoms with Gasteiger partial charge in [0.15, 0.2) is 5.78 Å². The molecule has 200 valence electrons. The maximum atomic E-state index is 13.2. The lowest BCUT2D eigenvalue weighted by Gasteiger charge is -2.37. The second-order valence-corrected chi connectivity index (χ2v) is 10.3. The van der Waals surface area contributed by atoms with Crippen molar-refractivity contribution >= 4 is 47.1 Å². The van der Waals surface area contributed by atoms with E-state index in [9.17, 15) is 9.90 Å². The Kier molecular flexibility index (Phi) is 10.9. The van der Waals surface area contributed by atoms with Gasteiger partial charge >= 0.3 is 0 Å². The number of aliphatic hydroxyl groups is 1. The van der Waals surface area contributed by atoms with Gasteiger partial charge in [0.25, 0.3) is 0 Å². The van der Waals surface area contributed by atoms with Crippen molar-refractivity contribution in [3.63, 3.8) is 0 Å². The van der Waals surface area contributed by atoms with Crippen molar-refractivity contribution in [2.45, 2.75) is 45.8 Å². The third kappa shape index (κ3) is 7.10. The van der Waals surface area contributed by atoms with Crippen LogP contribution in [0.3, 0.4) is 0 Å². The molecule has 1 N–H and O–H groups in total. The minimum absolute atomic E-state index is 0. The molecule has 1 aliphatic rings. The summed E-state index contributed by atoms with van der Waals surface area (Å²) in [4.78, 5) is 17.6. The van der Waals surface area contributed by atoms with E-state index < -0.39 is 6.10 Å². The van der Waals surface area contributed by atoms with E-state index >= 15 is 0 Å². The SMILES string of the molecule is CCCn1c(-c2ccccc2)cc(C(=O)CCC(O)CN2CCN(c3cccc(Cl)c3Cl)CC2)c1C.Cl. The molecule has 1 unspecified atom stereocenters. The second kappa shape index (κ2) is 13.7. The lowest BCUT2D eigenvalue weighted by Crippen LogP contribution is -2.48. The molecule has 0 saturated carbocycles. The Morgan fingerprint density at radius 3 is 2.41 bits per heavy atom. The zero-order chi connectivity index (χ0) is 25.7. The largest absolute Gasteiger partial charge is 0.392 e. The summed E-state index contributed by atoms with van der Waals surface area (Å²) in [6.45, 7) is 8.90. The van der Waals surface area contributed by atoms with E-state index in [-0.39, 0.29) is 18.2 Å². The van der Waals surface area contributed by atoms with E-state index in [1.807, 2.05) is 43.3 Å². The Morgan fingerprint density at radius 2 is 1.73 bits per heavy atom. The van der Waals surface area contributed by atoms with Crippen LogP contribution in [0, 0.1) is 6.92 Å². The highest BCUT2D eigenvalue weighted by Gasteiger charge is 2.23. The van der Waals surface area contributed by atoms with Crippen LogP contribution in [-0.2, 0) is 6.54 Å². The van der Waals surface area contributed by atoms with Gasteiger partial charge in [-0.05, 0) is 43.5 Å². The predicted octanol–water partition coefficient (Wildman–Crippen LogP) is 6.75. The van der Waals surface area contributed by atoms with E-state index in [2.05, 4.69) is 33.4 Å². The summed E-state index contributed by atoms with van der Waals surface area (Å²) < 4.78 is 2.24. The number of Topliss-reactive ketones (excluding diaryl/α,β-unsaturated/α-hetero) is 1. The van der Waals surface area contributed by atoms with Crippen molar-refractivity contribution < 1.29 is 9.90 Å². The van der Waals surface area contributed by atoms with Crippen molar-refractivity contribution in [2.24, 2.45) is 0 Å². The first kappa shape index (κ1) is 29.5. The minimum Gasteiger partial charge on any atom is -0.392 e. The van der Waals surface area contributed by atoms with Gasteiger partial charge in [-0.3, -0.25) is 9.69 Å². The quantitative estimate of drug-likeness (QED) is 0.277. The molecule has 2 heterocycles. The molecule has 37 heavy (non-hydrogen) atoms. The molecular weight excluding hydrogens is 529 g/mol. The van der Waals surface area contributed by atoms with Crippen LogP contribution in [0.1, 0.15) is 42.2 Å². The number of nitrogens with zero attached hydrogens (tertiary/aromatic N) is 3. The molecule has 3 aromatic rings. The molecule has 1 aromatic heterocycles. The molecule has 0 aliphatic carbocycles. The fourth-order valence-corrected chi connectivity index (χ4v) is 5.43. The summed E-state index contributed by atoms with van der Waals surface area (Å²) >= 11 is 12.6. The lowest BCUT2D eigenvalue weighted by molar-refractivity contribution is 0.0850. The van der Waals surface area contributed by atoms with Crippen molar-refractivity contribution in [1.29, 1.82) is 0 Å². The van der Waals surface area contributed by atoms with Crippen LogP contribution in [0.5, 0.6) is 0 Å². The lowest BCUT2D eigenvalue weighted by atomic mass is 10.0. The fraction of sp³-hybridized carbons (Fsp3) is 0.414. The number of halogens is 3. The standard InChI is InChI=1S/C29H35Cl2N3O2.ClH/c1-3-14-34-21(2)24(19-27(34)22-8-5-4-6-9-22)28(36)13-12-23(35)20-32-15-17-33(18-16-32)26-11-7-10-25(30)29(26)31;/h4-11,19,23,35H,3,12-18,20H2,1-2H3;1H. The third-order valence-electron chi connectivity index (χ3n) is 7.00. The van der Waals surface area contributed by atoms with Crippen molar-refractivity contribution in [2.75, 3.05) is 37.6 Å². The van der Waals surface area contributed by atoms with Gasteiger partial charge in [-0.15, -0.1) is 12.4 Å². The molecule has 0 bridgehead atoms. The Balaban J connectivity index is 0.00000380. The number of carbonyl (C=O) groups excluding carboxylic acids is 1. The van der Waals surface area contributed by atoms with Crippen LogP contribution in [0.25, 0.3) is 11.3 Å². The molecule has 0 amide bonds. The number of carbonyl (C=O) groups is 1. The van der Waals surface area contributed by atoms with Gasteiger partial charge in [-0.1, -0.05) is 66.5 Å². The Morgan fingerprint density at radius 1 is 1.03 bits per heavy atom. The predicted molar refractivity (Wildman–Crippen MR) is 157 cm³/mol. The number of hydrogen-bond acceptors (Lipinski definition) is 4. The Labute approximate surface area is 236 Å². The van der Waals surface area contributed by atoms with Gasteiger partial charge in [0.05, 0.1) is 21.8 Å². The molecule has 1 fully saturated rings. The molecule has 5 nitrogen and oxygen atoms in total. The highest BCUT2D eigenvalue weighted by molar-refractivity contribution is 6.43. The van der Waals surface area contributed by atoms with Crippen LogP contribution in [0.4, 0.5) is 5.69 Å². The number of aliphatic hydroxyl groups excluding tert-OH is 1. The molecule has 2 aromatic carbocycles. The van der Waals surface area contributed by atoms with E-state index in [4.69, 9.17) is 23.2 Å². The molecule has 1 saturated heterocycles. The molecule has 1 aliphatic heterocycles. The van der Waals surface area contributed by atoms with Gasteiger partial charge < -0.3 is 14.6 Å². The molecule has 4 rings (SSSR count). The van der Waals surface area contributed by atoms with Crippen LogP contribution >= 0.6 is 35.6 Å². The molecule has 1 atom stereocenters. The number of benzene rings is 2. The van der Waals surface area contributed by atoms with Gasteiger partial charge in [0.2, 0.25) is 0 Å². The van der Waals surface area contributed by atoms with Crippen LogP contribution in [0.15, 0.2) is 54.6 Å².